The lowest BCUT2D eigenvalue weighted by atomic mass is 9.95. The highest BCUT2D eigenvalue weighted by atomic mass is 32.1. The van der Waals surface area contributed by atoms with E-state index in [1.165, 1.54) is 18.4 Å². The molecule has 2 rings (SSSR count). The van der Waals surface area contributed by atoms with E-state index in [0.717, 1.165) is 10.5 Å². The molecule has 4 amide bonds. The summed E-state index contributed by atoms with van der Waals surface area (Å²) in [5.41, 5.74) is -0.351. The fraction of sp³-hybridized carbons (Fsp3) is 0.364. The number of nitrogens with zero attached hydrogens (tertiary/aromatic N) is 1. The van der Waals surface area contributed by atoms with E-state index in [-0.39, 0.29) is 12.5 Å². The number of likely N-dealkylation sites (N-methyl/N-ethyl adjacent to an activating group) is 1. The Kier molecular flexibility index (Phi) is 3.08. The first-order valence-electron chi connectivity index (χ1n) is 5.36. The predicted octanol–water partition coefficient (Wildman–Crippen LogP) is 0.261. The smallest absolute Gasteiger partial charge is 0.325 e. The van der Waals surface area contributed by atoms with Crippen LogP contribution in [-0.4, -0.2) is 36.3 Å². The Hall–Kier alpha value is -1.89. The molecule has 18 heavy (non-hydrogen) atoms. The van der Waals surface area contributed by atoms with Crippen molar-refractivity contribution >= 4 is 29.2 Å². The molecule has 0 bridgehead atoms. The van der Waals surface area contributed by atoms with Gasteiger partial charge >= 0.3 is 6.03 Å². The van der Waals surface area contributed by atoms with Crippen molar-refractivity contribution in [3.63, 3.8) is 0 Å². The summed E-state index contributed by atoms with van der Waals surface area (Å²) in [6.45, 7) is 1.38. The molecular weight excluding hydrogens is 254 g/mol. The van der Waals surface area contributed by atoms with E-state index in [2.05, 4.69) is 10.6 Å². The van der Waals surface area contributed by atoms with Crippen LogP contribution in [0, 0.1) is 0 Å². The van der Waals surface area contributed by atoms with E-state index in [9.17, 15) is 14.4 Å². The maximum atomic E-state index is 12.3. The van der Waals surface area contributed by atoms with Gasteiger partial charge in [0, 0.05) is 7.05 Å². The molecule has 1 saturated heterocycles. The standard InChI is InChI=1S/C11H13N3O3S/c1-11(7-3-4-18-6-7)9(16)14(10(17)13-11)5-8(15)12-2/h3-4,6H,5H2,1-2H3,(H,12,15)(H,13,17). The molecule has 2 N–H and O–H groups in total. The van der Waals surface area contributed by atoms with Crippen LogP contribution in [-0.2, 0) is 15.1 Å². The lowest BCUT2D eigenvalue weighted by molar-refractivity contribution is -0.134. The van der Waals surface area contributed by atoms with Crippen molar-refractivity contribution in [2.75, 3.05) is 13.6 Å². The minimum atomic E-state index is -1.08. The molecule has 0 saturated carbocycles. The molecule has 1 aromatic heterocycles. The maximum Gasteiger partial charge on any atom is 0.325 e. The number of carbonyl (C=O) groups excluding carboxylic acids is 3. The number of urea groups is 1. The third-order valence-corrected chi connectivity index (χ3v) is 3.64. The van der Waals surface area contributed by atoms with E-state index < -0.39 is 17.5 Å². The van der Waals surface area contributed by atoms with E-state index in [1.807, 2.05) is 10.8 Å². The zero-order valence-electron chi connectivity index (χ0n) is 10.0. The SMILES string of the molecule is CNC(=O)CN1C(=O)NC(C)(c2ccsc2)C1=O. The van der Waals surface area contributed by atoms with Crippen molar-refractivity contribution < 1.29 is 14.4 Å². The van der Waals surface area contributed by atoms with E-state index in [0.29, 0.717) is 0 Å². The largest absolute Gasteiger partial charge is 0.358 e. The molecule has 1 unspecified atom stereocenters. The van der Waals surface area contributed by atoms with Crippen LogP contribution in [0.3, 0.4) is 0 Å². The number of nitrogens with one attached hydrogen (secondary N) is 2. The first kappa shape index (κ1) is 12.6. The van der Waals surface area contributed by atoms with Gasteiger partial charge in [0.15, 0.2) is 0 Å². The van der Waals surface area contributed by atoms with Gasteiger partial charge in [-0.3, -0.25) is 14.5 Å². The number of amides is 4. The second-order valence-corrected chi connectivity index (χ2v) is 4.91. The van der Waals surface area contributed by atoms with Crippen LogP contribution >= 0.6 is 11.3 Å². The molecule has 1 fully saturated rings. The van der Waals surface area contributed by atoms with Gasteiger partial charge in [-0.05, 0) is 29.3 Å². The monoisotopic (exact) mass is 267 g/mol. The van der Waals surface area contributed by atoms with E-state index >= 15 is 0 Å². The fourth-order valence-electron chi connectivity index (χ4n) is 1.81. The van der Waals surface area contributed by atoms with Crippen molar-refractivity contribution in [1.29, 1.82) is 0 Å². The van der Waals surface area contributed by atoms with Gasteiger partial charge in [-0.15, -0.1) is 0 Å². The van der Waals surface area contributed by atoms with Gasteiger partial charge in [0.25, 0.3) is 5.91 Å². The zero-order chi connectivity index (χ0) is 13.3. The van der Waals surface area contributed by atoms with Gasteiger partial charge in [0.05, 0.1) is 0 Å². The molecule has 2 heterocycles. The number of carbonyl (C=O) groups is 3. The molecule has 0 radical (unpaired) electrons. The summed E-state index contributed by atoms with van der Waals surface area (Å²) in [4.78, 5) is 36.2. The number of thiophene rings is 1. The summed E-state index contributed by atoms with van der Waals surface area (Å²) in [5, 5.41) is 8.65. The van der Waals surface area contributed by atoms with Gasteiger partial charge in [-0.25, -0.2) is 4.79 Å². The van der Waals surface area contributed by atoms with Crippen LogP contribution in [0.4, 0.5) is 4.79 Å². The minimum absolute atomic E-state index is 0.263. The summed E-state index contributed by atoms with van der Waals surface area (Å²) < 4.78 is 0. The Bertz CT molecular complexity index is 500. The summed E-state index contributed by atoms with van der Waals surface area (Å²) in [6, 6.07) is 1.24. The highest BCUT2D eigenvalue weighted by Gasteiger charge is 2.49. The van der Waals surface area contributed by atoms with E-state index in [1.54, 1.807) is 13.0 Å². The van der Waals surface area contributed by atoms with Crippen molar-refractivity contribution in [2.45, 2.75) is 12.5 Å². The van der Waals surface area contributed by atoms with E-state index in [4.69, 9.17) is 0 Å². The van der Waals surface area contributed by atoms with Crippen LogP contribution in [0.25, 0.3) is 0 Å². The first-order valence-corrected chi connectivity index (χ1v) is 6.30. The lowest BCUT2D eigenvalue weighted by Crippen LogP contribution is -2.42. The van der Waals surface area contributed by atoms with Gasteiger partial charge in [-0.2, -0.15) is 11.3 Å². The first-order chi connectivity index (χ1) is 8.49. The van der Waals surface area contributed by atoms with Gasteiger partial charge < -0.3 is 10.6 Å². The third-order valence-electron chi connectivity index (χ3n) is 2.95. The second kappa shape index (κ2) is 4.41. The topological polar surface area (TPSA) is 78.5 Å². The quantitative estimate of drug-likeness (QED) is 0.771. The van der Waals surface area contributed by atoms with Gasteiger partial charge in [0.1, 0.15) is 12.1 Å². The second-order valence-electron chi connectivity index (χ2n) is 4.13. The molecule has 1 atom stereocenters. The predicted molar refractivity (Wildman–Crippen MR) is 66.0 cm³/mol. The molecule has 96 valence electrons. The average Bonchev–Trinajstić information content (AvgIpc) is 2.93. The van der Waals surface area contributed by atoms with Crippen LogP contribution in [0.5, 0.6) is 0 Å². The Labute approximate surface area is 108 Å². The fourth-order valence-corrected chi connectivity index (χ4v) is 2.57. The number of rotatable bonds is 3. The summed E-state index contributed by atoms with van der Waals surface area (Å²) >= 11 is 1.45. The lowest BCUT2D eigenvalue weighted by Gasteiger charge is -2.20. The van der Waals surface area contributed by atoms with Crippen LogP contribution in [0.15, 0.2) is 16.8 Å². The number of hydrogen-bond donors (Lipinski definition) is 2. The Balaban J connectivity index is 2.26. The number of imide groups is 1. The van der Waals surface area contributed by atoms with Crippen LogP contribution in [0.1, 0.15) is 12.5 Å². The highest BCUT2D eigenvalue weighted by Crippen LogP contribution is 2.29. The molecule has 6 nitrogen and oxygen atoms in total. The summed E-state index contributed by atoms with van der Waals surface area (Å²) in [5.74, 6) is -0.789. The van der Waals surface area contributed by atoms with Crippen LogP contribution in [0.2, 0.25) is 0 Å². The van der Waals surface area contributed by atoms with Gasteiger partial charge in [0.2, 0.25) is 5.91 Å². The number of hydrogen-bond acceptors (Lipinski definition) is 4. The molecule has 0 spiro atoms. The van der Waals surface area contributed by atoms with Crippen molar-refractivity contribution in [3.05, 3.63) is 22.4 Å². The molecule has 1 aliphatic heterocycles. The molecule has 1 aromatic rings. The van der Waals surface area contributed by atoms with Gasteiger partial charge in [-0.1, -0.05) is 0 Å². The van der Waals surface area contributed by atoms with Crippen molar-refractivity contribution in [2.24, 2.45) is 0 Å². The maximum absolute atomic E-state index is 12.3. The third kappa shape index (κ3) is 1.86. The normalized spacial score (nSPS) is 23.1. The molecule has 7 heteroatoms. The molecule has 1 aliphatic rings. The Morgan fingerprint density at radius 1 is 1.56 bits per heavy atom. The zero-order valence-corrected chi connectivity index (χ0v) is 10.8. The Morgan fingerprint density at radius 3 is 2.83 bits per heavy atom. The minimum Gasteiger partial charge on any atom is -0.358 e. The summed E-state index contributed by atoms with van der Waals surface area (Å²) in [7, 11) is 1.46. The molecular formula is C11H13N3O3S. The average molecular weight is 267 g/mol. The summed E-state index contributed by atoms with van der Waals surface area (Å²) in [6.07, 6.45) is 0. The van der Waals surface area contributed by atoms with Crippen LogP contribution < -0.4 is 10.6 Å². The molecule has 0 aromatic carbocycles. The van der Waals surface area contributed by atoms with Crippen molar-refractivity contribution in [1.82, 2.24) is 15.5 Å². The molecule has 0 aliphatic carbocycles. The Morgan fingerprint density at radius 2 is 2.28 bits per heavy atom. The highest BCUT2D eigenvalue weighted by molar-refractivity contribution is 7.08. The van der Waals surface area contributed by atoms with Crippen molar-refractivity contribution in [3.8, 4) is 0 Å².